The molecular formula is C15H16ClN3O3S. The van der Waals surface area contributed by atoms with E-state index in [0.29, 0.717) is 11.1 Å². The number of rotatable bonds is 6. The van der Waals surface area contributed by atoms with E-state index in [-0.39, 0.29) is 16.5 Å². The van der Waals surface area contributed by atoms with Gasteiger partial charge in [0.15, 0.2) is 0 Å². The van der Waals surface area contributed by atoms with E-state index in [9.17, 15) is 8.42 Å². The largest absolute Gasteiger partial charge is 0.495 e. The van der Waals surface area contributed by atoms with Gasteiger partial charge in [-0.3, -0.25) is 4.72 Å². The highest BCUT2D eigenvalue weighted by Crippen LogP contribution is 2.29. The Labute approximate surface area is 139 Å². The van der Waals surface area contributed by atoms with Crippen LogP contribution in [0, 0.1) is 0 Å². The molecule has 3 rings (SSSR count). The van der Waals surface area contributed by atoms with Gasteiger partial charge in [0, 0.05) is 11.1 Å². The number of sulfonamides is 1. The predicted octanol–water partition coefficient (Wildman–Crippen LogP) is 3.12. The lowest BCUT2D eigenvalue weighted by atomic mass is 10.3. The third-order valence-corrected chi connectivity index (χ3v) is 4.98. The number of pyridine rings is 1. The van der Waals surface area contributed by atoms with Crippen LogP contribution >= 0.6 is 11.6 Å². The van der Waals surface area contributed by atoms with Crippen LogP contribution in [0.5, 0.6) is 5.75 Å². The van der Waals surface area contributed by atoms with E-state index in [2.05, 4.69) is 15.0 Å². The molecule has 2 N–H and O–H groups in total. The molecular weight excluding hydrogens is 338 g/mol. The van der Waals surface area contributed by atoms with E-state index in [4.69, 9.17) is 16.3 Å². The Morgan fingerprint density at radius 3 is 2.65 bits per heavy atom. The van der Waals surface area contributed by atoms with Crippen molar-refractivity contribution in [2.45, 2.75) is 23.8 Å². The minimum absolute atomic E-state index is 0.0329. The van der Waals surface area contributed by atoms with Crippen LogP contribution in [-0.2, 0) is 10.0 Å². The number of hydrogen-bond donors (Lipinski definition) is 2. The minimum atomic E-state index is -3.84. The quantitative estimate of drug-likeness (QED) is 0.834. The summed E-state index contributed by atoms with van der Waals surface area (Å²) in [6.07, 6.45) is 3.91. The van der Waals surface area contributed by atoms with Crippen LogP contribution in [0.25, 0.3) is 0 Å². The average Bonchev–Trinajstić information content (AvgIpc) is 3.33. The lowest BCUT2D eigenvalue weighted by molar-refractivity contribution is 0.403. The number of methoxy groups -OCH3 is 1. The Morgan fingerprint density at radius 2 is 2.04 bits per heavy atom. The predicted molar refractivity (Wildman–Crippen MR) is 89.7 cm³/mol. The van der Waals surface area contributed by atoms with E-state index in [0.717, 1.165) is 18.5 Å². The molecule has 0 radical (unpaired) electrons. The molecule has 122 valence electrons. The molecule has 0 saturated heterocycles. The first-order valence-corrected chi connectivity index (χ1v) is 8.93. The van der Waals surface area contributed by atoms with Crippen molar-refractivity contribution in [3.8, 4) is 5.75 Å². The molecule has 1 fully saturated rings. The third kappa shape index (κ3) is 3.86. The van der Waals surface area contributed by atoms with Crippen LogP contribution in [0.3, 0.4) is 0 Å². The topological polar surface area (TPSA) is 80.3 Å². The second-order valence-corrected chi connectivity index (χ2v) is 7.34. The summed E-state index contributed by atoms with van der Waals surface area (Å²) in [5.74, 6) is 0.447. The normalized spacial score (nSPS) is 14.3. The van der Waals surface area contributed by atoms with Crippen LogP contribution in [0.1, 0.15) is 12.8 Å². The maximum Gasteiger partial charge on any atom is 0.266 e. The van der Waals surface area contributed by atoms with Crippen LogP contribution < -0.4 is 14.8 Å². The zero-order chi connectivity index (χ0) is 16.4. The van der Waals surface area contributed by atoms with Gasteiger partial charge < -0.3 is 10.1 Å². The van der Waals surface area contributed by atoms with Crippen LogP contribution in [0.2, 0.25) is 5.02 Å². The minimum Gasteiger partial charge on any atom is -0.495 e. The number of hydrogen-bond acceptors (Lipinski definition) is 5. The van der Waals surface area contributed by atoms with Gasteiger partial charge in [-0.1, -0.05) is 11.6 Å². The fourth-order valence-corrected chi connectivity index (χ4v) is 3.50. The van der Waals surface area contributed by atoms with Crippen molar-refractivity contribution in [1.29, 1.82) is 0 Å². The first-order chi connectivity index (χ1) is 11.0. The van der Waals surface area contributed by atoms with E-state index in [1.54, 1.807) is 24.4 Å². The first kappa shape index (κ1) is 15.9. The van der Waals surface area contributed by atoms with Gasteiger partial charge in [0.05, 0.1) is 19.0 Å². The lowest BCUT2D eigenvalue weighted by Crippen LogP contribution is -2.15. The highest BCUT2D eigenvalue weighted by Gasteiger charge is 2.22. The average molecular weight is 354 g/mol. The standard InChI is InChI=1S/C15H16ClN3O3S/c1-22-13-6-2-10(16)8-14(13)23(20,21)19-15-7-5-12(9-17-15)18-11-3-4-11/h2,5-9,11,18H,3-4H2,1H3,(H,17,19). The molecule has 0 amide bonds. The van der Waals surface area contributed by atoms with Crippen LogP contribution in [0.4, 0.5) is 11.5 Å². The Balaban J connectivity index is 1.81. The summed E-state index contributed by atoms with van der Waals surface area (Å²) in [5.41, 5.74) is 0.871. The van der Waals surface area contributed by atoms with Gasteiger partial charge in [-0.05, 0) is 43.2 Å². The molecule has 1 aromatic heterocycles. The van der Waals surface area contributed by atoms with Crippen molar-refractivity contribution in [1.82, 2.24) is 4.98 Å². The summed E-state index contributed by atoms with van der Waals surface area (Å²) in [6, 6.07) is 8.32. The van der Waals surface area contributed by atoms with Crippen molar-refractivity contribution in [3.63, 3.8) is 0 Å². The fourth-order valence-electron chi connectivity index (χ4n) is 2.06. The molecule has 0 unspecified atom stereocenters. The molecule has 1 heterocycles. The Morgan fingerprint density at radius 1 is 1.26 bits per heavy atom. The van der Waals surface area contributed by atoms with Gasteiger partial charge in [-0.2, -0.15) is 0 Å². The molecule has 1 aliphatic rings. The second-order valence-electron chi connectivity index (χ2n) is 5.25. The molecule has 2 aromatic rings. The summed E-state index contributed by atoms with van der Waals surface area (Å²) in [4.78, 5) is 4.09. The molecule has 0 aliphatic heterocycles. The summed E-state index contributed by atoms with van der Waals surface area (Å²) in [6.45, 7) is 0. The smallest absolute Gasteiger partial charge is 0.266 e. The molecule has 1 aromatic carbocycles. The molecule has 1 aliphatic carbocycles. The molecule has 1 saturated carbocycles. The molecule has 8 heteroatoms. The Kier molecular flexibility index (Phi) is 4.32. The Hall–Kier alpha value is -1.99. The number of anilines is 2. The van der Waals surface area contributed by atoms with Crippen molar-refractivity contribution in [3.05, 3.63) is 41.6 Å². The SMILES string of the molecule is COc1ccc(Cl)cc1S(=O)(=O)Nc1ccc(NC2CC2)cn1. The van der Waals surface area contributed by atoms with Gasteiger partial charge in [0.1, 0.15) is 16.5 Å². The molecule has 0 spiro atoms. The maximum absolute atomic E-state index is 12.5. The second kappa shape index (κ2) is 6.25. The van der Waals surface area contributed by atoms with Crippen molar-refractivity contribution in [2.24, 2.45) is 0 Å². The monoisotopic (exact) mass is 353 g/mol. The zero-order valence-corrected chi connectivity index (χ0v) is 14.0. The van der Waals surface area contributed by atoms with E-state index >= 15 is 0 Å². The van der Waals surface area contributed by atoms with E-state index in [1.165, 1.54) is 19.2 Å². The first-order valence-electron chi connectivity index (χ1n) is 7.07. The number of halogens is 1. The van der Waals surface area contributed by atoms with Crippen LogP contribution in [0.15, 0.2) is 41.4 Å². The van der Waals surface area contributed by atoms with Crippen molar-refractivity contribution in [2.75, 3.05) is 17.1 Å². The molecule has 23 heavy (non-hydrogen) atoms. The highest BCUT2D eigenvalue weighted by molar-refractivity contribution is 7.92. The molecule has 6 nitrogen and oxygen atoms in total. The van der Waals surface area contributed by atoms with Gasteiger partial charge in [-0.25, -0.2) is 13.4 Å². The number of nitrogens with zero attached hydrogens (tertiary/aromatic N) is 1. The summed E-state index contributed by atoms with van der Waals surface area (Å²) in [7, 11) is -2.44. The lowest BCUT2D eigenvalue weighted by Gasteiger charge is -2.12. The van der Waals surface area contributed by atoms with Gasteiger partial charge >= 0.3 is 0 Å². The number of nitrogens with one attached hydrogen (secondary N) is 2. The summed E-state index contributed by atoms with van der Waals surface area (Å²) < 4.78 is 32.5. The third-order valence-electron chi connectivity index (χ3n) is 3.37. The fraction of sp³-hybridized carbons (Fsp3) is 0.267. The molecule has 0 bridgehead atoms. The van der Waals surface area contributed by atoms with Crippen LogP contribution in [-0.4, -0.2) is 26.6 Å². The summed E-state index contributed by atoms with van der Waals surface area (Å²) >= 11 is 5.89. The van der Waals surface area contributed by atoms with Gasteiger partial charge in [-0.15, -0.1) is 0 Å². The maximum atomic E-state index is 12.5. The Bertz CT molecular complexity index is 805. The van der Waals surface area contributed by atoms with Crippen molar-refractivity contribution < 1.29 is 13.2 Å². The highest BCUT2D eigenvalue weighted by atomic mass is 35.5. The number of aromatic nitrogens is 1. The zero-order valence-electron chi connectivity index (χ0n) is 12.4. The number of ether oxygens (including phenoxy) is 1. The molecule has 0 atom stereocenters. The van der Waals surface area contributed by atoms with E-state index < -0.39 is 10.0 Å². The van der Waals surface area contributed by atoms with Gasteiger partial charge in [0.25, 0.3) is 10.0 Å². The summed E-state index contributed by atoms with van der Waals surface area (Å²) in [5, 5.41) is 3.59. The van der Waals surface area contributed by atoms with E-state index in [1.807, 2.05) is 0 Å². The van der Waals surface area contributed by atoms with Crippen molar-refractivity contribution >= 4 is 33.1 Å². The van der Waals surface area contributed by atoms with Gasteiger partial charge in [0.2, 0.25) is 0 Å². The number of benzene rings is 1.